The molecule has 0 aliphatic rings. The number of hydrogen-bond donors (Lipinski definition) is 1. The van der Waals surface area contributed by atoms with Crippen LogP contribution in [0.25, 0.3) is 0 Å². The zero-order valence-corrected chi connectivity index (χ0v) is 14.7. The van der Waals surface area contributed by atoms with Gasteiger partial charge in [-0.25, -0.2) is 17.6 Å². The van der Waals surface area contributed by atoms with Gasteiger partial charge in [0.2, 0.25) is 0 Å². The normalized spacial score (nSPS) is 9.08. The molecule has 135 valence electrons. The fourth-order valence-corrected chi connectivity index (χ4v) is 1.27. The number of aliphatic hydroxyl groups is 1. The van der Waals surface area contributed by atoms with Crippen LogP contribution in [0.5, 0.6) is 0 Å². The zero-order chi connectivity index (χ0) is 16.5. The maximum Gasteiger partial charge on any atom is 1.00 e. The van der Waals surface area contributed by atoms with Crippen molar-refractivity contribution in [1.82, 2.24) is 9.97 Å². The molecule has 0 atom stereocenters. The first kappa shape index (κ1) is 28.5. The number of rotatable bonds is 4. The third kappa shape index (κ3) is 10.3. The molecule has 4 nitrogen and oxygen atoms in total. The summed E-state index contributed by atoms with van der Waals surface area (Å²) < 4.78 is 47.5. The maximum atomic E-state index is 11.9. The van der Waals surface area contributed by atoms with Gasteiger partial charge in [0.05, 0.1) is 6.61 Å². The van der Waals surface area contributed by atoms with Gasteiger partial charge in [-0.05, 0) is 23.8 Å². The van der Waals surface area contributed by atoms with Crippen molar-refractivity contribution in [1.29, 1.82) is 0 Å². The Hall–Kier alpha value is -1.29. The van der Waals surface area contributed by atoms with Crippen LogP contribution >= 0.6 is 0 Å². The summed E-state index contributed by atoms with van der Waals surface area (Å²) in [6.45, 7) is -0.170. The predicted octanol–water partition coefficient (Wildman–Crippen LogP) is 1.21. The minimum Gasteiger partial charge on any atom is -1.00 e. The van der Waals surface area contributed by atoms with E-state index in [-0.39, 0.29) is 67.7 Å². The molecule has 0 aromatic carbocycles. The van der Waals surface area contributed by atoms with E-state index in [1.807, 2.05) is 0 Å². The SMILES string of the molecule is C.O=Cc1ccc(C(F)F)nc1.OCc1ccc(C(F)F)nc1.[2HH].[2HH].[B].[H-].[Na+]. The Labute approximate surface area is 172 Å². The van der Waals surface area contributed by atoms with E-state index >= 15 is 0 Å². The van der Waals surface area contributed by atoms with E-state index in [0.717, 1.165) is 12.3 Å². The summed E-state index contributed by atoms with van der Waals surface area (Å²) in [5.41, 5.74) is 0.265. The van der Waals surface area contributed by atoms with Crippen LogP contribution in [0, 0.1) is 0 Å². The number of aliphatic hydroxyl groups excluding tert-OH is 1. The second-order valence-electron chi connectivity index (χ2n) is 3.99. The standard InChI is InChI=1S/C7H7F2NO.C7H5F2NO.CH4.B.Na.2H2.H/c2*8-7(9)6-2-1-5(4-11)3-10-6;;;;;;/h1-3,7,11H,4H2;1-4,7H;1H4;;;2*1H;/q;;;;+1;;;-1/i;;;;;2*1+1;. The average molecular weight is 373 g/mol. The Morgan fingerprint density at radius 1 is 1.04 bits per heavy atom. The van der Waals surface area contributed by atoms with E-state index in [4.69, 9.17) is 5.11 Å². The Bertz CT molecular complexity index is 601. The summed E-state index contributed by atoms with van der Waals surface area (Å²) in [5.74, 6) is 0. The van der Waals surface area contributed by atoms with Crippen LogP contribution in [0.2, 0.25) is 0 Å². The van der Waals surface area contributed by atoms with Gasteiger partial charge in [-0.1, -0.05) is 13.5 Å². The molecule has 0 aliphatic heterocycles. The summed E-state index contributed by atoms with van der Waals surface area (Å²) in [7, 11) is 0. The van der Waals surface area contributed by atoms with Gasteiger partial charge in [0.1, 0.15) is 11.4 Å². The van der Waals surface area contributed by atoms with Crippen LogP contribution in [-0.4, -0.2) is 29.8 Å². The molecule has 0 saturated heterocycles. The van der Waals surface area contributed by atoms with Crippen molar-refractivity contribution < 1.29 is 61.3 Å². The number of hydrogen-bond acceptors (Lipinski definition) is 4. The van der Waals surface area contributed by atoms with Crippen LogP contribution in [0.3, 0.4) is 0 Å². The van der Waals surface area contributed by atoms with Gasteiger partial charge in [-0.2, -0.15) is 0 Å². The van der Waals surface area contributed by atoms with Gasteiger partial charge < -0.3 is 6.53 Å². The van der Waals surface area contributed by atoms with Crippen LogP contribution in [-0.2, 0) is 6.61 Å². The minimum atomic E-state index is -2.57. The van der Waals surface area contributed by atoms with Gasteiger partial charge in [0, 0.05) is 29.2 Å². The van der Waals surface area contributed by atoms with Crippen LogP contribution in [0.1, 0.15) is 51.9 Å². The maximum absolute atomic E-state index is 11.9. The molecule has 1 N–H and O–H groups in total. The average Bonchev–Trinajstić information content (AvgIpc) is 2.55. The van der Waals surface area contributed by atoms with Crippen LogP contribution < -0.4 is 29.6 Å². The molecule has 0 amide bonds. The van der Waals surface area contributed by atoms with Crippen molar-refractivity contribution in [2.24, 2.45) is 0 Å². The van der Waals surface area contributed by atoms with Crippen molar-refractivity contribution in [2.45, 2.75) is 26.9 Å². The number of pyridine rings is 2. The topological polar surface area (TPSA) is 63.1 Å². The third-order valence-electron chi connectivity index (χ3n) is 2.42. The van der Waals surface area contributed by atoms with Gasteiger partial charge in [0.15, 0.2) is 6.29 Å². The molecule has 2 aromatic heterocycles. The Kier molecular flexibility index (Phi) is 17.1. The van der Waals surface area contributed by atoms with Crippen LogP contribution in [0.15, 0.2) is 36.7 Å². The first-order valence-electron chi connectivity index (χ1n) is 6.01. The van der Waals surface area contributed by atoms with Gasteiger partial charge >= 0.3 is 29.6 Å². The van der Waals surface area contributed by atoms with Crippen molar-refractivity contribution in [3.05, 3.63) is 59.2 Å². The van der Waals surface area contributed by atoms with Gasteiger partial charge in [0.25, 0.3) is 12.9 Å². The molecule has 10 heteroatoms. The Balaban J connectivity index is -0.0000000712. The molecular formula is C15H21BF4N2NaO2. The van der Waals surface area contributed by atoms with E-state index < -0.39 is 12.9 Å². The number of halogens is 4. The van der Waals surface area contributed by atoms with Crippen molar-refractivity contribution in [2.75, 3.05) is 0 Å². The molecular weight excluding hydrogens is 350 g/mol. The molecule has 0 aliphatic carbocycles. The van der Waals surface area contributed by atoms with E-state index in [1.165, 1.54) is 24.4 Å². The molecule has 2 rings (SSSR count). The fourth-order valence-electron chi connectivity index (χ4n) is 1.27. The van der Waals surface area contributed by atoms with Crippen molar-refractivity contribution in [3.63, 3.8) is 0 Å². The molecule has 3 radical (unpaired) electrons. The van der Waals surface area contributed by atoms with E-state index in [9.17, 15) is 22.4 Å². The second kappa shape index (κ2) is 15.0. The molecule has 0 bridgehead atoms. The smallest absolute Gasteiger partial charge is 1.00 e. The predicted molar refractivity (Wildman–Crippen MR) is 87.5 cm³/mol. The molecule has 2 aromatic rings. The number of nitrogens with zero attached hydrogens (tertiary/aromatic N) is 2. The minimum absolute atomic E-state index is 0. The summed E-state index contributed by atoms with van der Waals surface area (Å²) in [5, 5.41) is 8.54. The molecule has 0 spiro atoms. The summed E-state index contributed by atoms with van der Waals surface area (Å²) >= 11 is 0. The Morgan fingerprint density at radius 2 is 1.52 bits per heavy atom. The van der Waals surface area contributed by atoms with Crippen LogP contribution in [0.4, 0.5) is 17.6 Å². The van der Waals surface area contributed by atoms with E-state index in [0.29, 0.717) is 17.4 Å². The number of aldehydes is 1. The monoisotopic (exact) mass is 373 g/mol. The zero-order valence-electron chi connectivity index (χ0n) is 13.7. The summed E-state index contributed by atoms with van der Waals surface area (Å²) in [6.07, 6.45) is -2.20. The van der Waals surface area contributed by atoms with E-state index in [1.54, 1.807) is 0 Å². The Morgan fingerprint density at radius 3 is 1.80 bits per heavy atom. The number of alkyl halides is 4. The summed E-state index contributed by atoms with van der Waals surface area (Å²) in [6, 6.07) is 5.07. The molecule has 0 unspecified atom stereocenters. The van der Waals surface area contributed by atoms with Crippen molar-refractivity contribution >= 4 is 14.7 Å². The molecule has 0 fully saturated rings. The van der Waals surface area contributed by atoms with E-state index in [2.05, 4.69) is 9.97 Å². The fraction of sp³-hybridized carbons (Fsp3) is 0.267. The van der Waals surface area contributed by atoms with Gasteiger partial charge in [-0.15, -0.1) is 0 Å². The van der Waals surface area contributed by atoms with Gasteiger partial charge in [-0.3, -0.25) is 14.8 Å². The molecule has 25 heavy (non-hydrogen) atoms. The second-order valence-corrected chi connectivity index (χ2v) is 3.99. The first-order valence-corrected chi connectivity index (χ1v) is 6.01. The first-order chi connectivity index (χ1) is 10.5. The largest absolute Gasteiger partial charge is 1.00 e. The third-order valence-corrected chi connectivity index (χ3v) is 2.42. The quantitative estimate of drug-likeness (QED) is 0.497. The molecule has 2 heterocycles. The van der Waals surface area contributed by atoms with Crippen molar-refractivity contribution in [3.8, 4) is 0 Å². The number of carbonyl (C=O) groups excluding carboxylic acids is 1. The molecule has 0 saturated carbocycles. The number of carbonyl (C=O) groups is 1. The summed E-state index contributed by atoms with van der Waals surface area (Å²) in [4.78, 5) is 16.9. The number of aromatic nitrogens is 2.